The van der Waals surface area contributed by atoms with Gasteiger partial charge in [0, 0.05) is 12.5 Å². The van der Waals surface area contributed by atoms with Gasteiger partial charge in [0.05, 0.1) is 12.2 Å². The summed E-state index contributed by atoms with van der Waals surface area (Å²) in [7, 11) is 0. The van der Waals surface area contributed by atoms with Gasteiger partial charge in [-0.1, -0.05) is 0 Å². The molecule has 1 rings (SSSR count). The summed E-state index contributed by atoms with van der Waals surface area (Å²) in [5.74, 6) is -1.16. The number of aliphatic hydroxyl groups excluding tert-OH is 1. The van der Waals surface area contributed by atoms with Gasteiger partial charge in [0.1, 0.15) is 0 Å². The first-order valence-electron chi connectivity index (χ1n) is 4.22. The van der Waals surface area contributed by atoms with E-state index in [4.69, 9.17) is 10.5 Å². The average molecular weight is 175 g/mol. The summed E-state index contributed by atoms with van der Waals surface area (Å²) in [5.41, 5.74) is 5.68. The van der Waals surface area contributed by atoms with Crippen LogP contribution in [0.2, 0.25) is 0 Å². The molecule has 0 aliphatic heterocycles. The smallest absolute Gasteiger partial charge is 0.160 e. The molecule has 0 spiro atoms. The van der Waals surface area contributed by atoms with Crippen molar-refractivity contribution in [3.63, 3.8) is 0 Å². The van der Waals surface area contributed by atoms with Gasteiger partial charge in [0.2, 0.25) is 0 Å². The summed E-state index contributed by atoms with van der Waals surface area (Å²) in [5, 5.41) is 18.5. The van der Waals surface area contributed by atoms with Crippen molar-refractivity contribution in [2.45, 2.75) is 50.7 Å². The van der Waals surface area contributed by atoms with Crippen molar-refractivity contribution in [1.29, 1.82) is 0 Å². The Morgan fingerprint density at radius 1 is 1.42 bits per heavy atom. The zero-order valence-corrected chi connectivity index (χ0v) is 7.53. The zero-order chi connectivity index (χ0) is 9.35. The SMILES string of the molecule is CC(C)(O)O[C@@H]1CC(O)C[C@H]1N. The monoisotopic (exact) mass is 175 g/mol. The second-order valence-corrected chi connectivity index (χ2v) is 3.89. The van der Waals surface area contributed by atoms with Gasteiger partial charge in [-0.05, 0) is 20.3 Å². The standard InChI is InChI=1S/C8H17NO3/c1-8(2,11)12-7-4-5(10)3-6(7)9/h5-7,10-11H,3-4,9H2,1-2H3/t5?,6-,7-/m1/s1. The highest BCUT2D eigenvalue weighted by Gasteiger charge is 2.34. The molecular formula is C8H17NO3. The van der Waals surface area contributed by atoms with Gasteiger partial charge in [-0.2, -0.15) is 0 Å². The lowest BCUT2D eigenvalue weighted by Crippen LogP contribution is -2.38. The minimum atomic E-state index is -1.16. The third-order valence-corrected chi connectivity index (χ3v) is 1.97. The van der Waals surface area contributed by atoms with E-state index in [1.165, 1.54) is 0 Å². The zero-order valence-electron chi connectivity index (χ0n) is 7.53. The van der Waals surface area contributed by atoms with Crippen molar-refractivity contribution < 1.29 is 14.9 Å². The maximum absolute atomic E-state index is 9.32. The van der Waals surface area contributed by atoms with Crippen LogP contribution in [0, 0.1) is 0 Å². The molecule has 0 aromatic carbocycles. The van der Waals surface area contributed by atoms with Crippen LogP contribution in [0.15, 0.2) is 0 Å². The van der Waals surface area contributed by atoms with Crippen molar-refractivity contribution >= 4 is 0 Å². The van der Waals surface area contributed by atoms with Crippen molar-refractivity contribution in [1.82, 2.24) is 0 Å². The lowest BCUT2D eigenvalue weighted by Gasteiger charge is -2.25. The van der Waals surface area contributed by atoms with E-state index in [2.05, 4.69) is 0 Å². The molecule has 12 heavy (non-hydrogen) atoms. The second kappa shape index (κ2) is 3.30. The van der Waals surface area contributed by atoms with Crippen molar-refractivity contribution in [2.75, 3.05) is 0 Å². The van der Waals surface area contributed by atoms with Gasteiger partial charge >= 0.3 is 0 Å². The highest BCUT2D eigenvalue weighted by Crippen LogP contribution is 2.24. The minimum absolute atomic E-state index is 0.161. The highest BCUT2D eigenvalue weighted by molar-refractivity contribution is 4.87. The van der Waals surface area contributed by atoms with E-state index in [0.29, 0.717) is 12.8 Å². The van der Waals surface area contributed by atoms with Crippen LogP contribution >= 0.6 is 0 Å². The van der Waals surface area contributed by atoms with Crippen molar-refractivity contribution in [3.8, 4) is 0 Å². The van der Waals surface area contributed by atoms with Crippen LogP contribution < -0.4 is 5.73 Å². The van der Waals surface area contributed by atoms with E-state index in [-0.39, 0.29) is 18.2 Å². The van der Waals surface area contributed by atoms with Gasteiger partial charge in [-0.15, -0.1) is 0 Å². The van der Waals surface area contributed by atoms with Crippen LogP contribution in [-0.2, 0) is 4.74 Å². The highest BCUT2D eigenvalue weighted by atomic mass is 16.6. The molecular weight excluding hydrogens is 158 g/mol. The number of rotatable bonds is 2. The average Bonchev–Trinajstić information content (AvgIpc) is 2.06. The molecule has 0 aromatic heterocycles. The van der Waals surface area contributed by atoms with Gasteiger partial charge in [0.15, 0.2) is 5.79 Å². The summed E-state index contributed by atoms with van der Waals surface area (Å²) >= 11 is 0. The molecule has 3 atom stereocenters. The van der Waals surface area contributed by atoms with Crippen LogP contribution in [0.3, 0.4) is 0 Å². The van der Waals surface area contributed by atoms with Gasteiger partial charge in [-0.3, -0.25) is 0 Å². The van der Waals surface area contributed by atoms with E-state index in [0.717, 1.165) is 0 Å². The lowest BCUT2D eigenvalue weighted by atomic mass is 10.2. The molecule has 0 bridgehead atoms. The fourth-order valence-electron chi connectivity index (χ4n) is 1.51. The Balaban J connectivity index is 2.43. The van der Waals surface area contributed by atoms with Gasteiger partial charge in [0.25, 0.3) is 0 Å². The molecule has 0 heterocycles. The predicted molar refractivity (Wildman–Crippen MR) is 44.4 cm³/mol. The fraction of sp³-hybridized carbons (Fsp3) is 1.00. The third-order valence-electron chi connectivity index (χ3n) is 1.97. The molecule has 1 unspecified atom stereocenters. The Bertz CT molecular complexity index is 155. The van der Waals surface area contributed by atoms with Crippen LogP contribution in [0.25, 0.3) is 0 Å². The normalized spacial score (nSPS) is 37.2. The van der Waals surface area contributed by atoms with Crippen LogP contribution in [-0.4, -0.2) is 34.2 Å². The predicted octanol–water partition coefficient (Wildman–Crippen LogP) is -0.418. The van der Waals surface area contributed by atoms with E-state index < -0.39 is 5.79 Å². The molecule has 72 valence electrons. The maximum atomic E-state index is 9.32. The molecule has 0 aromatic rings. The molecule has 4 nitrogen and oxygen atoms in total. The molecule has 1 aliphatic carbocycles. The minimum Gasteiger partial charge on any atom is -0.393 e. The second-order valence-electron chi connectivity index (χ2n) is 3.89. The molecule has 4 heteroatoms. The summed E-state index contributed by atoms with van der Waals surface area (Å²) in [6.07, 6.45) is 0.471. The van der Waals surface area contributed by atoms with Crippen molar-refractivity contribution in [2.24, 2.45) is 5.73 Å². The van der Waals surface area contributed by atoms with E-state index in [9.17, 15) is 10.2 Å². The molecule has 0 amide bonds. The fourth-order valence-corrected chi connectivity index (χ4v) is 1.51. The van der Waals surface area contributed by atoms with E-state index in [1.54, 1.807) is 13.8 Å². The van der Waals surface area contributed by atoms with Crippen LogP contribution in [0.4, 0.5) is 0 Å². The summed E-state index contributed by atoms with van der Waals surface area (Å²) in [6.45, 7) is 3.12. The van der Waals surface area contributed by atoms with Crippen LogP contribution in [0.5, 0.6) is 0 Å². The Labute approximate surface area is 72.3 Å². The quantitative estimate of drug-likeness (QED) is 0.498. The van der Waals surface area contributed by atoms with Crippen LogP contribution in [0.1, 0.15) is 26.7 Å². The number of hydrogen-bond donors (Lipinski definition) is 3. The molecule has 4 N–H and O–H groups in total. The van der Waals surface area contributed by atoms with E-state index in [1.807, 2.05) is 0 Å². The first-order valence-corrected chi connectivity index (χ1v) is 4.22. The Morgan fingerprint density at radius 3 is 2.33 bits per heavy atom. The number of nitrogens with two attached hydrogens (primary N) is 1. The van der Waals surface area contributed by atoms with Gasteiger partial charge in [-0.25, -0.2) is 0 Å². The van der Waals surface area contributed by atoms with E-state index >= 15 is 0 Å². The molecule has 1 saturated carbocycles. The maximum Gasteiger partial charge on any atom is 0.160 e. The Hall–Kier alpha value is -0.160. The first kappa shape index (κ1) is 9.92. The summed E-state index contributed by atoms with van der Waals surface area (Å²) in [6, 6.07) is -0.161. The van der Waals surface area contributed by atoms with Gasteiger partial charge < -0.3 is 20.7 Å². The topological polar surface area (TPSA) is 75.7 Å². The third kappa shape index (κ3) is 2.71. The van der Waals surface area contributed by atoms with Crippen molar-refractivity contribution in [3.05, 3.63) is 0 Å². The largest absolute Gasteiger partial charge is 0.393 e. The summed E-state index contributed by atoms with van der Waals surface area (Å²) in [4.78, 5) is 0. The molecule has 0 radical (unpaired) electrons. The molecule has 0 saturated heterocycles. The Kier molecular flexibility index (Phi) is 2.73. The number of aliphatic hydroxyl groups is 2. The first-order chi connectivity index (χ1) is 5.38. The molecule has 1 fully saturated rings. The molecule has 1 aliphatic rings. The number of ether oxygens (including phenoxy) is 1. The Morgan fingerprint density at radius 2 is 2.00 bits per heavy atom. The lowest BCUT2D eigenvalue weighted by molar-refractivity contribution is -0.207. The number of hydrogen-bond acceptors (Lipinski definition) is 4. The summed E-state index contributed by atoms with van der Waals surface area (Å²) < 4.78 is 5.25.